The standard InChI is InChI=1S/C19H14FNO4.C13H12N2O2.C12H12N2O2S.C11H8ClNOS/c20-14-8-6-13(7-9-14)17(22)12-25-16-4-1-3-15(11-16)21-19(23)18-5-2-10-24-18;1-17-11-6-4-5-10(9-11)15-13(16)12-7-2-3-8-14-12;1-8-13-11(7-17-8)12(15)14-9-4-3-5-10(6-9)16-2;12-8-3-1-4-9(7-8)13-11(14)10-5-2-6-15-10/h1-11H,12H2,(H,21,23);2-9H,1H3,(H,15,16);3-7H,1-2H3,(H,14,15);1-7H,(H,13,14). The SMILES string of the molecule is COc1cccc(NC(=O)c2ccccn2)c1.COc1cccc(NC(=O)c2csc(C)n2)c1.O=C(COc1cccc(NC(=O)c2ccco2)c1)c1ccc(F)cc1.O=C(Nc1cccc(Cl)c1)c1cccs1. The molecule has 5 aromatic carbocycles. The predicted octanol–water partition coefficient (Wildman–Crippen LogP) is 12.6. The number of nitrogens with one attached hydrogen (secondary N) is 4. The fourth-order valence-electron chi connectivity index (χ4n) is 6.06. The van der Waals surface area contributed by atoms with Gasteiger partial charge in [-0.25, -0.2) is 9.37 Å². The Bertz CT molecular complexity index is 3250. The number of methoxy groups -OCH3 is 2. The molecule has 15 nitrogen and oxygen atoms in total. The lowest BCUT2D eigenvalue weighted by atomic mass is 10.1. The monoisotopic (exact) mass is 1050 g/mol. The Morgan fingerprint density at radius 3 is 1.72 bits per heavy atom. The number of ketones is 1. The van der Waals surface area contributed by atoms with Gasteiger partial charge >= 0.3 is 0 Å². The lowest BCUT2D eigenvalue weighted by Crippen LogP contribution is -2.13. The highest BCUT2D eigenvalue weighted by atomic mass is 35.5. The average Bonchev–Trinajstić information content (AvgIpc) is 4.25. The predicted molar refractivity (Wildman–Crippen MR) is 286 cm³/mol. The quantitative estimate of drug-likeness (QED) is 0.0755. The van der Waals surface area contributed by atoms with E-state index in [1.807, 2.05) is 42.6 Å². The lowest BCUT2D eigenvalue weighted by Gasteiger charge is -2.08. The number of Topliss-reactive ketones (excluding diaryl/α,β-unsaturated/α-hetero) is 1. The van der Waals surface area contributed by atoms with E-state index in [1.54, 1.807) is 135 Å². The second-order valence-corrected chi connectivity index (χ2v) is 17.4. The van der Waals surface area contributed by atoms with E-state index in [9.17, 15) is 28.4 Å². The van der Waals surface area contributed by atoms with Crippen LogP contribution in [0.5, 0.6) is 17.2 Å². The van der Waals surface area contributed by atoms with E-state index in [1.165, 1.54) is 53.2 Å². The van der Waals surface area contributed by atoms with Crippen LogP contribution in [0.1, 0.15) is 56.6 Å². The molecule has 0 radical (unpaired) electrons. The number of hydrogen-bond acceptors (Lipinski definition) is 13. The lowest BCUT2D eigenvalue weighted by molar-refractivity contribution is 0.0919. The van der Waals surface area contributed by atoms with Crippen LogP contribution in [0.2, 0.25) is 5.02 Å². The van der Waals surface area contributed by atoms with Crippen molar-refractivity contribution < 1.29 is 47.0 Å². The van der Waals surface area contributed by atoms with Crippen LogP contribution in [0.3, 0.4) is 0 Å². The first kappa shape index (κ1) is 54.4. The average molecular weight is 1050 g/mol. The van der Waals surface area contributed by atoms with Crippen LogP contribution in [0, 0.1) is 12.7 Å². The van der Waals surface area contributed by atoms with E-state index in [2.05, 4.69) is 31.2 Å². The number of benzene rings is 5. The van der Waals surface area contributed by atoms with Gasteiger partial charge in [0, 0.05) is 63.1 Å². The fraction of sp³-hybridized carbons (Fsp3) is 0.0727. The molecule has 0 fully saturated rings. The minimum absolute atomic E-state index is 0.104. The molecule has 376 valence electrons. The van der Waals surface area contributed by atoms with E-state index < -0.39 is 5.82 Å². The molecule has 74 heavy (non-hydrogen) atoms. The number of hydrogen-bond donors (Lipinski definition) is 4. The first-order chi connectivity index (χ1) is 35.8. The van der Waals surface area contributed by atoms with Crippen molar-refractivity contribution in [1.29, 1.82) is 0 Å². The number of ether oxygens (including phenoxy) is 3. The van der Waals surface area contributed by atoms with Gasteiger partial charge in [-0.3, -0.25) is 29.0 Å². The Hall–Kier alpha value is -8.97. The molecule has 9 rings (SSSR count). The minimum atomic E-state index is -0.405. The van der Waals surface area contributed by atoms with Gasteiger partial charge < -0.3 is 39.9 Å². The molecule has 4 heterocycles. The van der Waals surface area contributed by atoms with E-state index in [0.717, 1.165) is 5.01 Å². The van der Waals surface area contributed by atoms with Crippen molar-refractivity contribution in [1.82, 2.24) is 9.97 Å². The summed E-state index contributed by atoms with van der Waals surface area (Å²) in [5, 5.41) is 16.1. The Balaban J connectivity index is 0.000000164. The summed E-state index contributed by atoms with van der Waals surface area (Å²) >= 11 is 8.67. The maximum Gasteiger partial charge on any atom is 0.291 e. The van der Waals surface area contributed by atoms with Crippen molar-refractivity contribution in [2.24, 2.45) is 0 Å². The molecule has 19 heteroatoms. The molecule has 0 atom stereocenters. The van der Waals surface area contributed by atoms with Gasteiger partial charge in [0.1, 0.15) is 34.5 Å². The van der Waals surface area contributed by atoms with Crippen LogP contribution in [0.4, 0.5) is 27.1 Å². The summed E-state index contributed by atoms with van der Waals surface area (Å²) in [5.41, 5.74) is 3.78. The van der Waals surface area contributed by atoms with Crippen LogP contribution in [0.25, 0.3) is 0 Å². The molecule has 4 amide bonds. The van der Waals surface area contributed by atoms with Crippen LogP contribution in [-0.2, 0) is 0 Å². The summed E-state index contributed by atoms with van der Waals surface area (Å²) in [6.45, 7) is 1.67. The number of anilines is 4. The maximum atomic E-state index is 12.9. The van der Waals surface area contributed by atoms with E-state index in [4.69, 9.17) is 30.2 Å². The topological polar surface area (TPSA) is 200 Å². The summed E-state index contributed by atoms with van der Waals surface area (Å²) in [6, 6.07) is 45.4. The van der Waals surface area contributed by atoms with Crippen molar-refractivity contribution in [3.05, 3.63) is 230 Å². The molecule has 0 aliphatic heterocycles. The van der Waals surface area contributed by atoms with Gasteiger partial charge in [-0.15, -0.1) is 22.7 Å². The van der Waals surface area contributed by atoms with Crippen molar-refractivity contribution in [3.63, 3.8) is 0 Å². The highest BCUT2D eigenvalue weighted by Gasteiger charge is 2.13. The number of pyridine rings is 1. The summed E-state index contributed by atoms with van der Waals surface area (Å²) in [6.07, 6.45) is 3.00. The highest BCUT2D eigenvalue weighted by Crippen LogP contribution is 2.22. The Labute approximate surface area is 438 Å². The van der Waals surface area contributed by atoms with Crippen molar-refractivity contribution >= 4 is 86.4 Å². The first-order valence-electron chi connectivity index (χ1n) is 22.1. The van der Waals surface area contributed by atoms with Crippen LogP contribution in [0.15, 0.2) is 191 Å². The molecule has 0 unspecified atom stereocenters. The van der Waals surface area contributed by atoms with E-state index in [0.29, 0.717) is 66.8 Å². The normalized spacial score (nSPS) is 10.0. The Kier molecular flexibility index (Phi) is 20.7. The molecular formula is C55H46ClFN6O9S2. The number of carbonyl (C=O) groups is 5. The van der Waals surface area contributed by atoms with Crippen molar-refractivity contribution in [3.8, 4) is 17.2 Å². The number of furan rings is 1. The second kappa shape index (κ2) is 28.2. The molecule has 4 aromatic heterocycles. The number of amides is 4. The summed E-state index contributed by atoms with van der Waals surface area (Å²) in [4.78, 5) is 68.0. The molecule has 0 saturated carbocycles. The van der Waals surface area contributed by atoms with Gasteiger partial charge in [0.15, 0.2) is 18.2 Å². The van der Waals surface area contributed by atoms with Gasteiger partial charge in [0.25, 0.3) is 23.6 Å². The molecule has 9 aromatic rings. The zero-order valence-electron chi connectivity index (χ0n) is 39.7. The third kappa shape index (κ3) is 17.7. The van der Waals surface area contributed by atoms with Gasteiger partial charge in [0.05, 0.1) is 30.4 Å². The third-order valence-electron chi connectivity index (χ3n) is 9.60. The molecule has 0 spiro atoms. The highest BCUT2D eigenvalue weighted by molar-refractivity contribution is 7.12. The number of aromatic nitrogens is 2. The largest absolute Gasteiger partial charge is 0.497 e. The zero-order valence-corrected chi connectivity index (χ0v) is 42.1. The second-order valence-electron chi connectivity index (χ2n) is 15.0. The number of aryl methyl sites for hydroxylation is 1. The van der Waals surface area contributed by atoms with Crippen molar-refractivity contribution in [2.75, 3.05) is 42.1 Å². The first-order valence-corrected chi connectivity index (χ1v) is 24.2. The number of thiophene rings is 1. The maximum absolute atomic E-state index is 12.9. The smallest absolute Gasteiger partial charge is 0.291 e. The molecule has 0 aliphatic rings. The van der Waals surface area contributed by atoms with E-state index >= 15 is 0 Å². The molecular weight excluding hydrogens is 1010 g/mol. The van der Waals surface area contributed by atoms with Crippen LogP contribution in [-0.4, -0.2) is 60.2 Å². The molecule has 4 N–H and O–H groups in total. The third-order valence-corrected chi connectivity index (χ3v) is 11.5. The van der Waals surface area contributed by atoms with Gasteiger partial charge in [0.2, 0.25) is 0 Å². The summed E-state index contributed by atoms with van der Waals surface area (Å²) < 4.78 is 33.5. The number of halogens is 2. The number of rotatable bonds is 14. The zero-order chi connectivity index (χ0) is 52.7. The summed E-state index contributed by atoms with van der Waals surface area (Å²) in [7, 11) is 3.17. The molecule has 0 aliphatic carbocycles. The Morgan fingerprint density at radius 2 is 1.18 bits per heavy atom. The number of thiazole rings is 1. The van der Waals surface area contributed by atoms with Gasteiger partial charge in [-0.05, 0) is 121 Å². The number of nitrogens with zero attached hydrogens (tertiary/aromatic N) is 2. The summed E-state index contributed by atoms with van der Waals surface area (Å²) in [5.74, 6) is 0.410. The van der Waals surface area contributed by atoms with Gasteiger partial charge in [-0.1, -0.05) is 48.0 Å². The van der Waals surface area contributed by atoms with E-state index in [-0.39, 0.29) is 41.8 Å². The molecule has 0 bridgehead atoms. The van der Waals surface area contributed by atoms with Crippen LogP contribution >= 0.6 is 34.3 Å². The van der Waals surface area contributed by atoms with Crippen LogP contribution < -0.4 is 35.5 Å². The molecule has 0 saturated heterocycles. The minimum Gasteiger partial charge on any atom is -0.497 e. The fourth-order valence-corrected chi connectivity index (χ4v) is 7.46. The Morgan fingerprint density at radius 1 is 0.595 bits per heavy atom. The van der Waals surface area contributed by atoms with Gasteiger partial charge in [-0.2, -0.15) is 0 Å². The number of carbonyl (C=O) groups excluding carboxylic acids is 5. The van der Waals surface area contributed by atoms with Crippen molar-refractivity contribution in [2.45, 2.75) is 6.92 Å².